The van der Waals surface area contributed by atoms with Crippen LogP contribution in [0.3, 0.4) is 0 Å². The summed E-state index contributed by atoms with van der Waals surface area (Å²) in [4.78, 5) is 33.5. The SMILES string of the molecule is COC(=O)[C@@H](C)NC(=O)c1cc(-c2cccnc2)nc2ccc(C(C)C)cc12. The van der Waals surface area contributed by atoms with Gasteiger partial charge in [-0.25, -0.2) is 9.78 Å². The van der Waals surface area contributed by atoms with Gasteiger partial charge in [-0.2, -0.15) is 0 Å². The fraction of sp³-hybridized carbons (Fsp3) is 0.273. The summed E-state index contributed by atoms with van der Waals surface area (Å²) in [7, 11) is 1.29. The maximum atomic E-state index is 13.0. The number of amides is 1. The smallest absolute Gasteiger partial charge is 0.328 e. The predicted octanol–water partition coefficient (Wildman–Crippen LogP) is 3.71. The van der Waals surface area contributed by atoms with E-state index >= 15 is 0 Å². The van der Waals surface area contributed by atoms with Gasteiger partial charge in [-0.05, 0) is 48.7 Å². The highest BCUT2D eigenvalue weighted by Crippen LogP contribution is 2.27. The molecule has 0 radical (unpaired) electrons. The number of fused-ring (bicyclic) bond motifs is 1. The van der Waals surface area contributed by atoms with E-state index in [1.54, 1.807) is 25.4 Å². The molecule has 1 amide bonds. The highest BCUT2D eigenvalue weighted by molar-refractivity contribution is 6.08. The molecule has 3 aromatic rings. The molecular weight excluding hydrogens is 354 g/mol. The van der Waals surface area contributed by atoms with Crippen LogP contribution in [0.4, 0.5) is 0 Å². The van der Waals surface area contributed by atoms with E-state index in [1.807, 2.05) is 30.3 Å². The molecule has 28 heavy (non-hydrogen) atoms. The van der Waals surface area contributed by atoms with E-state index in [0.29, 0.717) is 22.7 Å². The molecule has 0 unspecified atom stereocenters. The highest BCUT2D eigenvalue weighted by Gasteiger charge is 2.20. The molecule has 0 aliphatic heterocycles. The molecular formula is C22H23N3O3. The van der Waals surface area contributed by atoms with Gasteiger partial charge in [-0.1, -0.05) is 19.9 Å². The Kier molecular flexibility index (Phi) is 5.68. The molecule has 6 nitrogen and oxygen atoms in total. The van der Waals surface area contributed by atoms with Crippen LogP contribution in [0.2, 0.25) is 0 Å². The number of pyridine rings is 2. The monoisotopic (exact) mass is 377 g/mol. The molecule has 144 valence electrons. The van der Waals surface area contributed by atoms with Gasteiger partial charge in [0.2, 0.25) is 0 Å². The van der Waals surface area contributed by atoms with E-state index < -0.39 is 12.0 Å². The van der Waals surface area contributed by atoms with Gasteiger partial charge < -0.3 is 10.1 Å². The summed E-state index contributed by atoms with van der Waals surface area (Å²) in [5.74, 6) is -0.536. The first-order chi connectivity index (χ1) is 13.4. The van der Waals surface area contributed by atoms with E-state index in [-0.39, 0.29) is 5.91 Å². The van der Waals surface area contributed by atoms with Crippen molar-refractivity contribution in [1.82, 2.24) is 15.3 Å². The number of benzene rings is 1. The number of nitrogens with one attached hydrogen (secondary N) is 1. The lowest BCUT2D eigenvalue weighted by molar-refractivity contribution is -0.142. The van der Waals surface area contributed by atoms with Crippen molar-refractivity contribution in [3.8, 4) is 11.3 Å². The summed E-state index contributed by atoms with van der Waals surface area (Å²) >= 11 is 0. The van der Waals surface area contributed by atoms with Crippen molar-refractivity contribution in [3.63, 3.8) is 0 Å². The lowest BCUT2D eigenvalue weighted by atomic mass is 9.97. The summed E-state index contributed by atoms with van der Waals surface area (Å²) in [5.41, 5.74) is 3.74. The molecule has 6 heteroatoms. The molecule has 3 rings (SSSR count). The summed E-state index contributed by atoms with van der Waals surface area (Å²) in [6.07, 6.45) is 3.39. The molecule has 0 bridgehead atoms. The molecule has 0 spiro atoms. The normalized spacial score (nSPS) is 12.0. The molecule has 0 saturated carbocycles. The van der Waals surface area contributed by atoms with Crippen molar-refractivity contribution in [2.45, 2.75) is 32.7 Å². The maximum Gasteiger partial charge on any atom is 0.328 e. The van der Waals surface area contributed by atoms with E-state index in [1.165, 1.54) is 7.11 Å². The van der Waals surface area contributed by atoms with Gasteiger partial charge >= 0.3 is 5.97 Å². The van der Waals surface area contributed by atoms with Gasteiger partial charge in [0.1, 0.15) is 6.04 Å². The summed E-state index contributed by atoms with van der Waals surface area (Å²) in [6.45, 7) is 5.78. The van der Waals surface area contributed by atoms with Gasteiger partial charge in [0.15, 0.2) is 0 Å². The zero-order chi connectivity index (χ0) is 20.3. The van der Waals surface area contributed by atoms with Crippen LogP contribution in [0.15, 0.2) is 48.8 Å². The Morgan fingerprint density at radius 2 is 1.89 bits per heavy atom. The molecule has 2 heterocycles. The van der Waals surface area contributed by atoms with Gasteiger partial charge in [-0.3, -0.25) is 9.78 Å². The van der Waals surface area contributed by atoms with Crippen LogP contribution in [0.25, 0.3) is 22.2 Å². The number of methoxy groups -OCH3 is 1. The molecule has 0 fully saturated rings. The first-order valence-electron chi connectivity index (χ1n) is 9.14. The molecule has 1 aromatic carbocycles. The standard InChI is InChI=1S/C22H23N3O3/c1-13(2)15-7-8-19-17(10-15)18(21(26)24-14(3)22(27)28-4)11-20(25-19)16-6-5-9-23-12-16/h5-14H,1-4H3,(H,24,26)/t14-/m1/s1. The third kappa shape index (κ3) is 4.01. The number of ether oxygens (including phenoxy) is 1. The molecule has 2 aromatic heterocycles. The summed E-state index contributed by atoms with van der Waals surface area (Å²) in [5, 5.41) is 3.45. The van der Waals surface area contributed by atoms with Crippen LogP contribution in [0.5, 0.6) is 0 Å². The Bertz CT molecular complexity index is 1020. The van der Waals surface area contributed by atoms with Crippen molar-refractivity contribution in [2.24, 2.45) is 0 Å². The zero-order valence-electron chi connectivity index (χ0n) is 16.4. The minimum absolute atomic E-state index is 0.312. The first-order valence-corrected chi connectivity index (χ1v) is 9.14. The molecule has 0 aliphatic rings. The zero-order valence-corrected chi connectivity index (χ0v) is 16.4. The maximum absolute atomic E-state index is 13.0. The topological polar surface area (TPSA) is 81.2 Å². The largest absolute Gasteiger partial charge is 0.467 e. The molecule has 0 aliphatic carbocycles. The van der Waals surface area contributed by atoms with Gasteiger partial charge in [-0.15, -0.1) is 0 Å². The number of aromatic nitrogens is 2. The lowest BCUT2D eigenvalue weighted by Gasteiger charge is -2.15. The van der Waals surface area contributed by atoms with E-state index in [2.05, 4.69) is 24.1 Å². The van der Waals surface area contributed by atoms with Crippen LogP contribution in [0.1, 0.15) is 42.6 Å². The van der Waals surface area contributed by atoms with Gasteiger partial charge in [0, 0.05) is 23.3 Å². The van der Waals surface area contributed by atoms with Crippen molar-refractivity contribution >= 4 is 22.8 Å². The Labute approximate surface area is 164 Å². The number of esters is 1. The van der Waals surface area contributed by atoms with Crippen LogP contribution in [-0.4, -0.2) is 35.0 Å². The quantitative estimate of drug-likeness (QED) is 0.686. The number of hydrogen-bond donors (Lipinski definition) is 1. The number of carbonyl (C=O) groups excluding carboxylic acids is 2. The number of carbonyl (C=O) groups is 2. The second-order valence-electron chi connectivity index (χ2n) is 6.95. The minimum atomic E-state index is -0.754. The summed E-state index contributed by atoms with van der Waals surface area (Å²) in [6, 6.07) is 10.6. The van der Waals surface area contributed by atoms with Crippen molar-refractivity contribution in [1.29, 1.82) is 0 Å². The lowest BCUT2D eigenvalue weighted by Crippen LogP contribution is -2.39. The minimum Gasteiger partial charge on any atom is -0.467 e. The van der Waals surface area contributed by atoms with Crippen LogP contribution in [-0.2, 0) is 9.53 Å². The van der Waals surface area contributed by atoms with Gasteiger partial charge in [0.05, 0.1) is 23.9 Å². The van der Waals surface area contributed by atoms with Crippen molar-refractivity contribution in [2.75, 3.05) is 7.11 Å². The third-order valence-corrected chi connectivity index (χ3v) is 4.60. The van der Waals surface area contributed by atoms with Gasteiger partial charge in [0.25, 0.3) is 5.91 Å². The van der Waals surface area contributed by atoms with E-state index in [0.717, 1.165) is 16.5 Å². The number of nitrogens with zero attached hydrogens (tertiary/aromatic N) is 2. The second-order valence-corrected chi connectivity index (χ2v) is 6.95. The van der Waals surface area contributed by atoms with E-state index in [4.69, 9.17) is 9.72 Å². The fourth-order valence-corrected chi connectivity index (χ4v) is 2.96. The molecule has 1 atom stereocenters. The Morgan fingerprint density at radius 3 is 2.54 bits per heavy atom. The Hall–Kier alpha value is -3.28. The van der Waals surface area contributed by atoms with E-state index in [9.17, 15) is 9.59 Å². The third-order valence-electron chi connectivity index (χ3n) is 4.60. The fourth-order valence-electron chi connectivity index (χ4n) is 2.96. The van der Waals surface area contributed by atoms with Crippen LogP contribution < -0.4 is 5.32 Å². The highest BCUT2D eigenvalue weighted by atomic mass is 16.5. The first kappa shape index (κ1) is 19.5. The molecule has 0 saturated heterocycles. The average molecular weight is 377 g/mol. The van der Waals surface area contributed by atoms with Crippen LogP contribution >= 0.6 is 0 Å². The number of rotatable bonds is 5. The van der Waals surface area contributed by atoms with Crippen molar-refractivity contribution in [3.05, 3.63) is 59.9 Å². The predicted molar refractivity (Wildman–Crippen MR) is 108 cm³/mol. The summed E-state index contributed by atoms with van der Waals surface area (Å²) < 4.78 is 4.71. The van der Waals surface area contributed by atoms with Crippen molar-refractivity contribution < 1.29 is 14.3 Å². The Balaban J connectivity index is 2.14. The Morgan fingerprint density at radius 1 is 1.11 bits per heavy atom. The molecule has 1 N–H and O–H groups in total. The second kappa shape index (κ2) is 8.17. The average Bonchev–Trinajstić information content (AvgIpc) is 2.72. The van der Waals surface area contributed by atoms with Crippen LogP contribution in [0, 0.1) is 0 Å². The number of hydrogen-bond acceptors (Lipinski definition) is 5.